The Morgan fingerprint density at radius 1 is 1.15 bits per heavy atom. The molecule has 0 fully saturated rings. The van der Waals surface area contributed by atoms with Crippen molar-refractivity contribution in [2.24, 2.45) is 0 Å². The molecule has 3 N–H and O–H groups in total. The number of aromatic carboxylic acids is 1. The van der Waals surface area contributed by atoms with Crippen LogP contribution in [0.2, 0.25) is 0 Å². The number of para-hydroxylation sites is 1. The number of hydrogen-bond donors (Lipinski definition) is 3. The summed E-state index contributed by atoms with van der Waals surface area (Å²) in [5.74, 6) is -1.02. The normalized spacial score (nSPS) is 14.0. The molecule has 1 aromatic heterocycles. The number of carboxylic acids is 1. The van der Waals surface area contributed by atoms with Gasteiger partial charge in [0.25, 0.3) is 0 Å². The van der Waals surface area contributed by atoms with Gasteiger partial charge in [-0.05, 0) is 48.8 Å². The summed E-state index contributed by atoms with van der Waals surface area (Å²) in [6.45, 7) is 0. The standard InChI is InChI=1S/C20H18ClNO4S/c21-16-11-12(23)5-8-14(16)18-9-6-13(27-18)7-10-19(24)22-17-4-2-1-3-15(17)20(25)26/h1-4,6,9,11,23H,5,7-8,10H2,(H,22,24)(H,25,26). The maximum atomic E-state index is 12.2. The van der Waals surface area contributed by atoms with Crippen molar-refractivity contribution in [1.29, 1.82) is 0 Å². The number of hydrogen-bond acceptors (Lipinski definition) is 4. The highest BCUT2D eigenvalue weighted by molar-refractivity contribution is 7.13. The first-order valence-corrected chi connectivity index (χ1v) is 9.63. The summed E-state index contributed by atoms with van der Waals surface area (Å²) in [5, 5.41) is 21.9. The molecule has 0 bridgehead atoms. The minimum atomic E-state index is -1.08. The molecule has 3 rings (SSSR count). The van der Waals surface area contributed by atoms with Gasteiger partial charge in [0.15, 0.2) is 0 Å². The first-order valence-electron chi connectivity index (χ1n) is 8.43. The zero-order valence-electron chi connectivity index (χ0n) is 14.4. The molecule has 2 aromatic rings. The van der Waals surface area contributed by atoms with Gasteiger partial charge in [-0.2, -0.15) is 0 Å². The second kappa shape index (κ2) is 8.41. The van der Waals surface area contributed by atoms with Gasteiger partial charge in [0, 0.05) is 27.6 Å². The SMILES string of the molecule is O=C(CCc1ccc(C2=C(Cl)C=C(O)CC2)s1)Nc1ccccc1C(=O)O. The number of allylic oxidation sites excluding steroid dienone is 4. The van der Waals surface area contributed by atoms with Gasteiger partial charge in [-0.25, -0.2) is 4.79 Å². The smallest absolute Gasteiger partial charge is 0.337 e. The van der Waals surface area contributed by atoms with Gasteiger partial charge in [0.05, 0.1) is 17.0 Å². The zero-order valence-corrected chi connectivity index (χ0v) is 15.9. The third kappa shape index (κ3) is 4.78. The predicted octanol–water partition coefficient (Wildman–Crippen LogP) is 5.20. The number of rotatable bonds is 6. The Balaban J connectivity index is 1.62. The van der Waals surface area contributed by atoms with Crippen LogP contribution in [0.1, 0.15) is 39.4 Å². The van der Waals surface area contributed by atoms with Crippen molar-refractivity contribution < 1.29 is 19.8 Å². The maximum Gasteiger partial charge on any atom is 0.337 e. The van der Waals surface area contributed by atoms with E-state index in [1.807, 2.05) is 12.1 Å². The Morgan fingerprint density at radius 3 is 2.67 bits per heavy atom. The molecule has 0 unspecified atom stereocenters. The highest BCUT2D eigenvalue weighted by Crippen LogP contribution is 2.36. The van der Waals surface area contributed by atoms with Gasteiger partial charge in [0.1, 0.15) is 0 Å². The number of amides is 1. The number of halogens is 1. The Bertz CT molecular complexity index is 945. The lowest BCUT2D eigenvalue weighted by molar-refractivity contribution is -0.116. The Hall–Kier alpha value is -2.57. The van der Waals surface area contributed by atoms with Crippen molar-refractivity contribution in [3.63, 3.8) is 0 Å². The maximum absolute atomic E-state index is 12.2. The molecule has 0 saturated heterocycles. The van der Waals surface area contributed by atoms with Crippen LogP contribution in [0, 0.1) is 0 Å². The second-order valence-electron chi connectivity index (χ2n) is 6.13. The van der Waals surface area contributed by atoms with E-state index in [2.05, 4.69) is 5.32 Å². The van der Waals surface area contributed by atoms with E-state index in [-0.39, 0.29) is 17.9 Å². The first-order chi connectivity index (χ1) is 12.9. The molecule has 1 aliphatic carbocycles. The van der Waals surface area contributed by atoms with Crippen molar-refractivity contribution in [1.82, 2.24) is 0 Å². The van der Waals surface area contributed by atoms with Crippen molar-refractivity contribution in [2.75, 3.05) is 5.32 Å². The number of aliphatic hydroxyl groups is 1. The monoisotopic (exact) mass is 403 g/mol. The van der Waals surface area contributed by atoms with E-state index >= 15 is 0 Å². The molecule has 0 spiro atoms. The molecule has 140 valence electrons. The fourth-order valence-electron chi connectivity index (χ4n) is 2.82. The predicted molar refractivity (Wildman–Crippen MR) is 107 cm³/mol. The van der Waals surface area contributed by atoms with E-state index in [0.29, 0.717) is 35.7 Å². The van der Waals surface area contributed by atoms with E-state index in [1.54, 1.807) is 35.6 Å². The molecule has 7 heteroatoms. The summed E-state index contributed by atoms with van der Waals surface area (Å²) in [5.41, 5.74) is 1.37. The van der Waals surface area contributed by atoms with Crippen LogP contribution in [0.15, 0.2) is 53.3 Å². The summed E-state index contributed by atoms with van der Waals surface area (Å²) < 4.78 is 0. The lowest BCUT2D eigenvalue weighted by atomic mass is 10.0. The molecular weight excluding hydrogens is 386 g/mol. The van der Waals surface area contributed by atoms with Crippen LogP contribution in [-0.2, 0) is 11.2 Å². The van der Waals surface area contributed by atoms with E-state index in [4.69, 9.17) is 16.7 Å². The highest BCUT2D eigenvalue weighted by Gasteiger charge is 2.16. The molecule has 0 saturated carbocycles. The van der Waals surface area contributed by atoms with Crippen LogP contribution in [-0.4, -0.2) is 22.1 Å². The van der Waals surface area contributed by atoms with Crippen LogP contribution < -0.4 is 5.32 Å². The van der Waals surface area contributed by atoms with Gasteiger partial charge in [-0.3, -0.25) is 4.79 Å². The summed E-state index contributed by atoms with van der Waals surface area (Å²) in [7, 11) is 0. The number of thiophene rings is 1. The minimum Gasteiger partial charge on any atom is -0.512 e. The largest absolute Gasteiger partial charge is 0.512 e. The van der Waals surface area contributed by atoms with Crippen LogP contribution in [0.25, 0.3) is 5.57 Å². The third-order valence-corrected chi connectivity index (χ3v) is 5.74. The van der Waals surface area contributed by atoms with Crippen molar-refractivity contribution in [2.45, 2.75) is 25.7 Å². The van der Waals surface area contributed by atoms with E-state index in [9.17, 15) is 14.7 Å². The van der Waals surface area contributed by atoms with Crippen molar-refractivity contribution >= 4 is 46.1 Å². The Labute approximate surface area is 165 Å². The average Bonchev–Trinajstić information content (AvgIpc) is 3.09. The molecule has 1 amide bonds. The molecule has 0 aliphatic heterocycles. The fourth-order valence-corrected chi connectivity index (χ4v) is 4.29. The fraction of sp³-hybridized carbons (Fsp3) is 0.200. The summed E-state index contributed by atoms with van der Waals surface area (Å²) in [4.78, 5) is 25.5. The summed E-state index contributed by atoms with van der Waals surface area (Å²) >= 11 is 7.79. The average molecular weight is 404 g/mol. The second-order valence-corrected chi connectivity index (χ2v) is 7.70. The number of benzene rings is 1. The number of carbonyl (C=O) groups excluding carboxylic acids is 1. The summed E-state index contributed by atoms with van der Waals surface area (Å²) in [6, 6.07) is 10.3. The number of aryl methyl sites for hydroxylation is 1. The number of nitrogens with one attached hydrogen (secondary N) is 1. The lowest BCUT2D eigenvalue weighted by Gasteiger charge is -2.12. The van der Waals surface area contributed by atoms with Crippen LogP contribution in [0.4, 0.5) is 5.69 Å². The van der Waals surface area contributed by atoms with Crippen LogP contribution >= 0.6 is 22.9 Å². The van der Waals surface area contributed by atoms with Crippen LogP contribution in [0.3, 0.4) is 0 Å². The van der Waals surface area contributed by atoms with Crippen molar-refractivity contribution in [3.8, 4) is 0 Å². The van der Waals surface area contributed by atoms with Gasteiger partial charge in [0.2, 0.25) is 5.91 Å². The molecular formula is C20H18ClNO4S. The Kier molecular flexibility index (Phi) is 5.98. The molecule has 1 aliphatic rings. The van der Waals surface area contributed by atoms with Gasteiger partial charge in [-0.15, -0.1) is 11.3 Å². The van der Waals surface area contributed by atoms with Crippen LogP contribution in [0.5, 0.6) is 0 Å². The van der Waals surface area contributed by atoms with E-state index in [1.165, 1.54) is 6.07 Å². The zero-order chi connectivity index (χ0) is 19.4. The third-order valence-electron chi connectivity index (χ3n) is 4.20. The van der Waals surface area contributed by atoms with E-state index < -0.39 is 5.97 Å². The van der Waals surface area contributed by atoms with Gasteiger partial charge >= 0.3 is 5.97 Å². The quantitative estimate of drug-likeness (QED) is 0.618. The first kappa shape index (κ1) is 19.2. The molecule has 5 nitrogen and oxygen atoms in total. The lowest BCUT2D eigenvalue weighted by Crippen LogP contribution is -2.14. The summed E-state index contributed by atoms with van der Waals surface area (Å²) in [6.07, 6.45) is 3.64. The molecule has 27 heavy (non-hydrogen) atoms. The molecule has 1 aromatic carbocycles. The van der Waals surface area contributed by atoms with E-state index in [0.717, 1.165) is 15.3 Å². The molecule has 0 atom stereocenters. The van der Waals surface area contributed by atoms with Crippen molar-refractivity contribution in [3.05, 3.63) is 68.6 Å². The number of anilines is 1. The van der Waals surface area contributed by atoms with Gasteiger partial charge in [-0.1, -0.05) is 23.7 Å². The van der Waals surface area contributed by atoms with Gasteiger partial charge < -0.3 is 15.5 Å². The topological polar surface area (TPSA) is 86.6 Å². The molecule has 0 radical (unpaired) electrons. The number of aliphatic hydroxyl groups excluding tert-OH is 1. The molecule has 1 heterocycles. The minimum absolute atomic E-state index is 0.0689. The number of carboxylic acid groups (broad SMARTS) is 1. The highest BCUT2D eigenvalue weighted by atomic mass is 35.5. The Morgan fingerprint density at radius 2 is 1.93 bits per heavy atom. The number of carbonyl (C=O) groups is 2.